The molecule has 0 fully saturated rings. The highest BCUT2D eigenvalue weighted by Gasteiger charge is 2.16. The first kappa shape index (κ1) is 31.9. The summed E-state index contributed by atoms with van der Waals surface area (Å²) in [6.07, 6.45) is 32.5. The van der Waals surface area contributed by atoms with Crippen LogP contribution in [0.2, 0.25) is 0 Å². The molecule has 244 valence electrons. The van der Waals surface area contributed by atoms with E-state index in [2.05, 4.69) is 50.3 Å². The zero-order valence-electron chi connectivity index (χ0n) is 31.9. The van der Waals surface area contributed by atoms with Gasteiger partial charge in [0.1, 0.15) is 12.6 Å². The Kier molecular flexibility index (Phi) is 25.8. The minimum Gasteiger partial charge on any atom is -0.462 e. The second-order valence-corrected chi connectivity index (χ2v) is 11.3. The molecule has 0 amide bonds. The van der Waals surface area contributed by atoms with E-state index in [0.29, 0.717) is 12.8 Å². The molecule has 0 saturated heterocycles. The normalized spacial score (nSPS) is 15.7. The van der Waals surface area contributed by atoms with Crippen molar-refractivity contribution in [2.45, 2.75) is 174 Å². The molecule has 0 rings (SSSR count). The van der Waals surface area contributed by atoms with Crippen molar-refractivity contribution < 1.29 is 25.9 Å². The molecule has 4 nitrogen and oxygen atoms in total. The quantitative estimate of drug-likeness (QED) is 0.0337. The molecule has 0 radical (unpaired) electrons. The molecule has 0 aromatic rings. The lowest BCUT2D eigenvalue weighted by atomic mass is 10.0. The SMILES string of the molecule is [2H]C([2H])(Cl)[C@]([2H])(OC(=O)CCCCCCC/C=C\C/C=C\C/C=C\CC)C([2H])([2H])OC(=O)CCCCCCCCCCCCCCC. The van der Waals surface area contributed by atoms with Gasteiger partial charge >= 0.3 is 11.9 Å². The molecule has 0 N–H and O–H groups in total. The standard InChI is InChI=1S/C37H65ClO4/c1-3-5-7-9-11-13-15-17-18-20-22-24-26-28-30-32-37(40)42-35(33-38)34-41-36(39)31-29-27-25-23-21-19-16-14-12-10-8-6-4-2/h5,7,11,13,17-18,35H,3-4,6,8-10,12,14-16,19-34H2,1-2H3/b7-5-,13-11-,18-17-/t35-/m0/s1/i33D2,34D2,35D. The third-order valence-electron chi connectivity index (χ3n) is 7.08. The van der Waals surface area contributed by atoms with E-state index in [1.54, 1.807) is 0 Å². The van der Waals surface area contributed by atoms with E-state index in [1.807, 2.05) is 0 Å². The first-order chi connectivity index (χ1) is 22.4. The molecule has 0 aliphatic carbocycles. The lowest BCUT2D eigenvalue weighted by Gasteiger charge is -2.15. The molecule has 42 heavy (non-hydrogen) atoms. The highest BCUT2D eigenvalue weighted by molar-refractivity contribution is 6.18. The summed E-state index contributed by atoms with van der Waals surface area (Å²) in [6.45, 7) is 1.07. The number of carbonyl (C=O) groups excluding carboxylic acids is 2. The summed E-state index contributed by atoms with van der Waals surface area (Å²) in [5.41, 5.74) is 0. The van der Waals surface area contributed by atoms with Gasteiger partial charge in [-0.15, -0.1) is 11.6 Å². The van der Waals surface area contributed by atoms with Gasteiger partial charge in [0.25, 0.3) is 0 Å². The van der Waals surface area contributed by atoms with Crippen molar-refractivity contribution in [2.24, 2.45) is 0 Å². The monoisotopic (exact) mass is 613 g/mol. The van der Waals surface area contributed by atoms with E-state index in [9.17, 15) is 9.59 Å². The molecular weight excluding hydrogens is 544 g/mol. The topological polar surface area (TPSA) is 52.6 Å². The molecular formula is C37H65ClO4. The zero-order chi connectivity index (χ0) is 35.3. The number of ether oxygens (including phenoxy) is 2. The maximum atomic E-state index is 12.5. The van der Waals surface area contributed by atoms with E-state index in [4.69, 9.17) is 27.9 Å². The van der Waals surface area contributed by atoms with Crippen LogP contribution in [0.5, 0.6) is 0 Å². The lowest BCUT2D eigenvalue weighted by Crippen LogP contribution is -2.26. The number of rotatable bonds is 31. The van der Waals surface area contributed by atoms with Crippen molar-refractivity contribution in [3.05, 3.63) is 36.5 Å². The van der Waals surface area contributed by atoms with Crippen LogP contribution >= 0.6 is 11.6 Å². The molecule has 0 aromatic heterocycles. The number of hydrogen-bond acceptors (Lipinski definition) is 4. The van der Waals surface area contributed by atoms with Crippen LogP contribution in [0.25, 0.3) is 0 Å². The largest absolute Gasteiger partial charge is 0.462 e. The predicted molar refractivity (Wildman–Crippen MR) is 181 cm³/mol. The fourth-order valence-electron chi connectivity index (χ4n) is 4.55. The zero-order valence-corrected chi connectivity index (χ0v) is 27.7. The fourth-order valence-corrected chi connectivity index (χ4v) is 4.63. The van der Waals surface area contributed by atoms with Crippen molar-refractivity contribution >= 4 is 23.5 Å². The van der Waals surface area contributed by atoms with Gasteiger partial charge in [0, 0.05) is 15.6 Å². The van der Waals surface area contributed by atoms with Gasteiger partial charge < -0.3 is 9.47 Å². The molecule has 5 heteroatoms. The maximum absolute atomic E-state index is 12.5. The van der Waals surface area contributed by atoms with Gasteiger partial charge in [0.15, 0.2) is 0 Å². The number of unbranched alkanes of at least 4 members (excludes halogenated alkanes) is 17. The van der Waals surface area contributed by atoms with E-state index in [-0.39, 0.29) is 12.8 Å². The van der Waals surface area contributed by atoms with Crippen LogP contribution in [0.4, 0.5) is 0 Å². The first-order valence-corrected chi connectivity index (χ1v) is 17.4. The van der Waals surface area contributed by atoms with Gasteiger partial charge in [0.05, 0.1) is 9.94 Å². The third-order valence-corrected chi connectivity index (χ3v) is 7.25. The van der Waals surface area contributed by atoms with Crippen molar-refractivity contribution in [3.8, 4) is 0 Å². The highest BCUT2D eigenvalue weighted by atomic mass is 35.5. The summed E-state index contributed by atoms with van der Waals surface area (Å²) in [4.78, 5) is 24.9. The fraction of sp³-hybridized carbons (Fsp3) is 0.784. The van der Waals surface area contributed by atoms with Crippen molar-refractivity contribution in [1.29, 1.82) is 0 Å². The van der Waals surface area contributed by atoms with Gasteiger partial charge in [-0.1, -0.05) is 147 Å². The lowest BCUT2D eigenvalue weighted by molar-refractivity contribution is -0.157. The van der Waals surface area contributed by atoms with E-state index < -0.39 is 30.4 Å². The molecule has 0 bridgehead atoms. The van der Waals surface area contributed by atoms with Crippen LogP contribution in [-0.4, -0.2) is 30.4 Å². The Labute approximate surface area is 272 Å². The van der Waals surface area contributed by atoms with Crippen LogP contribution in [0.1, 0.15) is 175 Å². The summed E-state index contributed by atoms with van der Waals surface area (Å²) < 4.78 is 50.1. The third kappa shape index (κ3) is 31.4. The number of allylic oxidation sites excluding steroid dienone is 6. The summed E-state index contributed by atoms with van der Waals surface area (Å²) in [5, 5.41) is 0. The Balaban J connectivity index is 4.29. The van der Waals surface area contributed by atoms with E-state index in [0.717, 1.165) is 77.0 Å². The number of alkyl halides is 1. The first-order valence-electron chi connectivity index (χ1n) is 19.5. The number of esters is 2. The van der Waals surface area contributed by atoms with Gasteiger partial charge in [-0.3, -0.25) is 9.59 Å². The minimum absolute atomic E-state index is 0.0731. The molecule has 0 unspecified atom stereocenters. The number of hydrogen-bond donors (Lipinski definition) is 0. The smallest absolute Gasteiger partial charge is 0.306 e. The summed E-state index contributed by atoms with van der Waals surface area (Å²) >= 11 is 5.71. The van der Waals surface area contributed by atoms with Crippen LogP contribution < -0.4 is 0 Å². The molecule has 0 saturated carbocycles. The van der Waals surface area contributed by atoms with Crippen LogP contribution in [0.15, 0.2) is 36.5 Å². The van der Waals surface area contributed by atoms with Crippen molar-refractivity contribution in [2.75, 3.05) is 12.4 Å². The molecule has 0 aromatic carbocycles. The van der Waals surface area contributed by atoms with Gasteiger partial charge in [-0.25, -0.2) is 0 Å². The average molecular weight is 614 g/mol. The van der Waals surface area contributed by atoms with Crippen LogP contribution in [0.3, 0.4) is 0 Å². The van der Waals surface area contributed by atoms with Crippen LogP contribution in [0, 0.1) is 0 Å². The average Bonchev–Trinajstić information content (AvgIpc) is 3.00. The Bertz CT molecular complexity index is 888. The van der Waals surface area contributed by atoms with Gasteiger partial charge in [-0.05, 0) is 44.9 Å². The Morgan fingerprint density at radius 3 is 1.62 bits per heavy atom. The molecule has 0 heterocycles. The van der Waals surface area contributed by atoms with E-state index >= 15 is 0 Å². The van der Waals surface area contributed by atoms with Crippen molar-refractivity contribution in [1.82, 2.24) is 0 Å². The number of carbonyl (C=O) groups is 2. The van der Waals surface area contributed by atoms with Crippen LogP contribution in [-0.2, 0) is 19.1 Å². The minimum atomic E-state index is -3.28. The Hall–Kier alpha value is -1.55. The second-order valence-electron chi connectivity index (χ2n) is 11.1. The number of halogens is 1. The highest BCUT2D eigenvalue weighted by Crippen LogP contribution is 2.14. The molecule has 0 aliphatic rings. The Morgan fingerprint density at radius 2 is 1.10 bits per heavy atom. The summed E-state index contributed by atoms with van der Waals surface area (Å²) in [7, 11) is 0. The van der Waals surface area contributed by atoms with Gasteiger partial charge in [0.2, 0.25) is 0 Å². The predicted octanol–water partition coefficient (Wildman–Crippen LogP) is 11.8. The summed E-state index contributed by atoms with van der Waals surface area (Å²) in [6, 6.07) is 0. The molecule has 0 spiro atoms. The van der Waals surface area contributed by atoms with Gasteiger partial charge in [-0.2, -0.15) is 0 Å². The molecule has 1 atom stereocenters. The Morgan fingerprint density at radius 1 is 0.643 bits per heavy atom. The molecule has 0 aliphatic heterocycles. The van der Waals surface area contributed by atoms with E-state index in [1.165, 1.54) is 51.4 Å². The van der Waals surface area contributed by atoms with Crippen molar-refractivity contribution in [3.63, 3.8) is 0 Å². The maximum Gasteiger partial charge on any atom is 0.306 e. The summed E-state index contributed by atoms with van der Waals surface area (Å²) in [5.74, 6) is -5.02. The second kappa shape index (κ2) is 33.9.